The first-order valence-electron chi connectivity index (χ1n) is 11.1. The smallest absolute Gasteiger partial charge is 0.336 e. The van der Waals surface area contributed by atoms with Crippen molar-refractivity contribution in [2.45, 2.75) is 6.42 Å². The highest BCUT2D eigenvalue weighted by molar-refractivity contribution is 5.92. The molecule has 8 nitrogen and oxygen atoms in total. The molecule has 0 unspecified atom stereocenters. The average molecular weight is 490 g/mol. The second kappa shape index (κ2) is 12.7. The van der Waals surface area contributed by atoms with Gasteiger partial charge in [-0.15, -0.1) is 0 Å². The molecule has 0 atom stereocenters. The molecule has 0 saturated heterocycles. The Morgan fingerprint density at radius 3 is 2.14 bits per heavy atom. The predicted molar refractivity (Wildman–Crippen MR) is 136 cm³/mol. The number of phenols is 2. The largest absolute Gasteiger partial charge is 0.508 e. The van der Waals surface area contributed by atoms with Crippen molar-refractivity contribution in [3.8, 4) is 28.7 Å². The van der Waals surface area contributed by atoms with Crippen molar-refractivity contribution in [3.63, 3.8) is 0 Å². The Labute approximate surface area is 209 Å². The molecule has 0 aliphatic carbocycles. The van der Waals surface area contributed by atoms with E-state index in [0.717, 1.165) is 5.56 Å². The van der Waals surface area contributed by atoms with Crippen molar-refractivity contribution in [3.05, 3.63) is 89.5 Å². The number of esters is 1. The van der Waals surface area contributed by atoms with Crippen LogP contribution in [0.3, 0.4) is 0 Å². The van der Waals surface area contributed by atoms with Crippen LogP contribution < -0.4 is 19.5 Å². The molecule has 0 bridgehead atoms. The van der Waals surface area contributed by atoms with Crippen LogP contribution in [0.15, 0.2) is 72.8 Å². The first-order valence-corrected chi connectivity index (χ1v) is 11.1. The fourth-order valence-electron chi connectivity index (χ4n) is 3.20. The molecule has 0 fully saturated rings. The first kappa shape index (κ1) is 25.9. The second-order valence-corrected chi connectivity index (χ2v) is 7.64. The number of hydrogen-bond donors (Lipinski definition) is 3. The molecule has 0 radical (unpaired) electrons. The quantitative estimate of drug-likeness (QED) is 0.223. The fraction of sp³-hybridized carbons (Fsp3) is 0.143. The molecule has 0 aliphatic heterocycles. The van der Waals surface area contributed by atoms with Crippen molar-refractivity contribution in [1.82, 2.24) is 5.32 Å². The number of rotatable bonds is 10. The molecule has 3 rings (SSSR count). The maximum Gasteiger partial charge on any atom is 0.336 e. The fourth-order valence-corrected chi connectivity index (χ4v) is 3.20. The molecule has 0 spiro atoms. The van der Waals surface area contributed by atoms with Gasteiger partial charge in [0, 0.05) is 18.7 Å². The third-order valence-electron chi connectivity index (χ3n) is 5.09. The van der Waals surface area contributed by atoms with Crippen LogP contribution in [-0.2, 0) is 16.0 Å². The monoisotopic (exact) mass is 489 g/mol. The summed E-state index contributed by atoms with van der Waals surface area (Å²) in [6.07, 6.45) is 6.46. The molecule has 1 amide bonds. The summed E-state index contributed by atoms with van der Waals surface area (Å²) in [7, 11) is 2.89. The van der Waals surface area contributed by atoms with E-state index in [4.69, 9.17) is 14.2 Å². The predicted octanol–water partition coefficient (Wildman–Crippen LogP) is 4.11. The highest BCUT2D eigenvalue weighted by atomic mass is 16.6. The number of aromatic hydroxyl groups is 2. The molecule has 8 heteroatoms. The lowest BCUT2D eigenvalue weighted by Gasteiger charge is -2.09. The Hall–Kier alpha value is -4.72. The molecule has 0 aliphatic rings. The van der Waals surface area contributed by atoms with E-state index in [1.165, 1.54) is 38.5 Å². The SMILES string of the molecule is COc1cc(/C=C/C(=O)Oc2ccc(/C=C/C(=O)NCCc3ccc(O)cc3)cc2OC)ccc1O. The number of nitrogens with one attached hydrogen (secondary N) is 1. The topological polar surface area (TPSA) is 114 Å². The van der Waals surface area contributed by atoms with E-state index in [2.05, 4.69) is 5.32 Å². The van der Waals surface area contributed by atoms with Gasteiger partial charge in [0.1, 0.15) is 5.75 Å². The number of phenolic OH excluding ortho intramolecular Hbond substituents is 2. The minimum atomic E-state index is -0.614. The third kappa shape index (κ3) is 7.66. The Morgan fingerprint density at radius 1 is 0.806 bits per heavy atom. The Bertz CT molecular complexity index is 1260. The van der Waals surface area contributed by atoms with Crippen LogP contribution in [0.2, 0.25) is 0 Å². The zero-order valence-corrected chi connectivity index (χ0v) is 19.9. The summed E-state index contributed by atoms with van der Waals surface area (Å²) in [6.45, 7) is 0.455. The van der Waals surface area contributed by atoms with Gasteiger partial charge in [0.15, 0.2) is 23.0 Å². The molecular weight excluding hydrogens is 462 g/mol. The van der Waals surface area contributed by atoms with Gasteiger partial charge in [-0.05, 0) is 71.7 Å². The van der Waals surface area contributed by atoms with Crippen molar-refractivity contribution in [2.24, 2.45) is 0 Å². The number of amides is 1. The lowest BCUT2D eigenvalue weighted by Crippen LogP contribution is -2.23. The molecular formula is C28H27NO7. The number of carbonyl (C=O) groups is 2. The summed E-state index contributed by atoms with van der Waals surface area (Å²) >= 11 is 0. The van der Waals surface area contributed by atoms with E-state index >= 15 is 0 Å². The Kier molecular flexibility index (Phi) is 9.11. The van der Waals surface area contributed by atoms with Crippen LogP contribution in [0.4, 0.5) is 0 Å². The highest BCUT2D eigenvalue weighted by Crippen LogP contribution is 2.29. The molecule has 186 valence electrons. The number of ether oxygens (including phenoxy) is 3. The first-order chi connectivity index (χ1) is 17.4. The summed E-state index contributed by atoms with van der Waals surface area (Å²) in [4.78, 5) is 24.4. The lowest BCUT2D eigenvalue weighted by molar-refractivity contribution is -0.129. The van der Waals surface area contributed by atoms with E-state index in [-0.39, 0.29) is 23.2 Å². The van der Waals surface area contributed by atoms with Crippen LogP contribution in [-0.4, -0.2) is 42.9 Å². The number of hydrogen-bond acceptors (Lipinski definition) is 7. The van der Waals surface area contributed by atoms with E-state index in [9.17, 15) is 19.8 Å². The van der Waals surface area contributed by atoms with Crippen molar-refractivity contribution in [2.75, 3.05) is 20.8 Å². The Balaban J connectivity index is 1.55. The van der Waals surface area contributed by atoms with E-state index in [1.807, 2.05) is 0 Å². The van der Waals surface area contributed by atoms with Crippen LogP contribution >= 0.6 is 0 Å². The van der Waals surface area contributed by atoms with Crippen molar-refractivity contribution < 1.29 is 34.0 Å². The summed E-state index contributed by atoms with van der Waals surface area (Å²) in [5, 5.41) is 21.8. The second-order valence-electron chi connectivity index (χ2n) is 7.64. The molecule has 0 aromatic heterocycles. The summed E-state index contributed by atoms with van der Waals surface area (Å²) in [5.41, 5.74) is 2.34. The molecule has 3 N–H and O–H groups in total. The minimum absolute atomic E-state index is 0.00247. The zero-order chi connectivity index (χ0) is 25.9. The van der Waals surface area contributed by atoms with Gasteiger partial charge in [-0.3, -0.25) is 4.79 Å². The standard InChI is InChI=1S/C28H27NO7/c1-34-25-17-20(5-11-23(25)31)8-14-28(33)36-24-12-6-21(18-26(24)35-2)7-13-27(32)29-16-15-19-3-9-22(30)10-4-19/h3-14,17-18,30-31H,15-16H2,1-2H3,(H,29,32)/b13-7+,14-8+. The number of carbonyl (C=O) groups excluding carboxylic acids is 2. The van der Waals surface area contributed by atoms with E-state index < -0.39 is 5.97 Å². The average Bonchev–Trinajstić information content (AvgIpc) is 2.88. The van der Waals surface area contributed by atoms with Crippen LogP contribution in [0.5, 0.6) is 28.7 Å². The normalized spacial score (nSPS) is 10.9. The molecule has 0 heterocycles. The van der Waals surface area contributed by atoms with Crippen LogP contribution in [0, 0.1) is 0 Å². The Morgan fingerprint density at radius 2 is 1.44 bits per heavy atom. The van der Waals surface area contributed by atoms with Crippen molar-refractivity contribution >= 4 is 24.0 Å². The van der Waals surface area contributed by atoms with Gasteiger partial charge in [-0.1, -0.05) is 24.3 Å². The maximum atomic E-state index is 12.3. The van der Waals surface area contributed by atoms with Crippen LogP contribution in [0.25, 0.3) is 12.2 Å². The number of methoxy groups -OCH3 is 2. The third-order valence-corrected chi connectivity index (χ3v) is 5.09. The van der Waals surface area contributed by atoms with E-state index in [0.29, 0.717) is 35.6 Å². The van der Waals surface area contributed by atoms with Gasteiger partial charge in [0.25, 0.3) is 0 Å². The van der Waals surface area contributed by atoms with E-state index in [1.54, 1.807) is 60.7 Å². The lowest BCUT2D eigenvalue weighted by atomic mass is 10.1. The highest BCUT2D eigenvalue weighted by Gasteiger charge is 2.09. The zero-order valence-electron chi connectivity index (χ0n) is 19.9. The van der Waals surface area contributed by atoms with Gasteiger partial charge in [0.05, 0.1) is 14.2 Å². The molecule has 3 aromatic carbocycles. The van der Waals surface area contributed by atoms with Crippen molar-refractivity contribution in [1.29, 1.82) is 0 Å². The summed E-state index contributed by atoms with van der Waals surface area (Å²) < 4.78 is 15.7. The van der Waals surface area contributed by atoms with Gasteiger partial charge in [-0.2, -0.15) is 0 Å². The van der Waals surface area contributed by atoms with Gasteiger partial charge < -0.3 is 29.7 Å². The van der Waals surface area contributed by atoms with Gasteiger partial charge >= 0.3 is 5.97 Å². The van der Waals surface area contributed by atoms with Crippen LogP contribution in [0.1, 0.15) is 16.7 Å². The maximum absolute atomic E-state index is 12.3. The van der Waals surface area contributed by atoms with Gasteiger partial charge in [-0.25, -0.2) is 4.79 Å². The molecule has 3 aromatic rings. The molecule has 36 heavy (non-hydrogen) atoms. The number of benzene rings is 3. The minimum Gasteiger partial charge on any atom is -0.508 e. The summed E-state index contributed by atoms with van der Waals surface area (Å²) in [6, 6.07) is 16.4. The van der Waals surface area contributed by atoms with Gasteiger partial charge in [0.2, 0.25) is 5.91 Å². The summed E-state index contributed by atoms with van der Waals surface area (Å²) in [5.74, 6) is 0.192. The molecule has 0 saturated carbocycles.